The second-order valence-electron chi connectivity index (χ2n) is 9.79. The zero-order valence-corrected chi connectivity index (χ0v) is 20.7. The van der Waals surface area contributed by atoms with E-state index in [1.165, 1.54) is 16.7 Å². The van der Waals surface area contributed by atoms with Gasteiger partial charge in [0, 0.05) is 31.2 Å². The van der Waals surface area contributed by atoms with Crippen LogP contribution in [0, 0.1) is 0 Å². The molecule has 3 aromatic rings. The average Bonchev–Trinajstić information content (AvgIpc) is 2.87. The van der Waals surface area contributed by atoms with Crippen molar-refractivity contribution < 1.29 is 15.0 Å². The third-order valence-corrected chi connectivity index (χ3v) is 6.99. The number of aliphatic hydroxyl groups is 1. The van der Waals surface area contributed by atoms with Crippen LogP contribution in [0.1, 0.15) is 53.1 Å². The monoisotopic (exact) mass is 472 g/mol. The second kappa shape index (κ2) is 11.5. The van der Waals surface area contributed by atoms with Crippen LogP contribution < -0.4 is 5.32 Å². The van der Waals surface area contributed by atoms with E-state index >= 15 is 0 Å². The zero-order valence-electron chi connectivity index (χ0n) is 20.7. The van der Waals surface area contributed by atoms with Crippen LogP contribution >= 0.6 is 0 Å². The van der Waals surface area contributed by atoms with Gasteiger partial charge in [-0.25, -0.2) is 0 Å². The van der Waals surface area contributed by atoms with Crippen LogP contribution in [0.2, 0.25) is 0 Å². The molecule has 0 saturated carbocycles. The summed E-state index contributed by atoms with van der Waals surface area (Å²) < 4.78 is 0. The molecule has 1 unspecified atom stereocenters. The molecule has 3 aromatic carbocycles. The largest absolute Gasteiger partial charge is 0.508 e. The molecule has 0 radical (unpaired) electrons. The molecule has 1 aliphatic rings. The van der Waals surface area contributed by atoms with Crippen molar-refractivity contribution in [3.8, 4) is 5.75 Å². The molecule has 1 aliphatic heterocycles. The Balaban J connectivity index is 1.29. The van der Waals surface area contributed by atoms with E-state index in [9.17, 15) is 15.0 Å². The normalized spacial score (nSPS) is 14.9. The Hall–Kier alpha value is -3.15. The molecule has 0 aromatic heterocycles. The quantitative estimate of drug-likeness (QED) is 0.433. The van der Waals surface area contributed by atoms with Gasteiger partial charge in [-0.15, -0.1) is 0 Å². The molecule has 0 saturated heterocycles. The first-order valence-electron chi connectivity index (χ1n) is 12.5. The van der Waals surface area contributed by atoms with Crippen LogP contribution in [-0.2, 0) is 37.2 Å². The lowest BCUT2D eigenvalue weighted by Crippen LogP contribution is -2.36. The van der Waals surface area contributed by atoms with E-state index in [4.69, 9.17) is 0 Å². The smallest absolute Gasteiger partial charge is 0.227 e. The van der Waals surface area contributed by atoms with Gasteiger partial charge < -0.3 is 20.4 Å². The lowest BCUT2D eigenvalue weighted by atomic mass is 9.97. The highest BCUT2D eigenvalue weighted by molar-refractivity contribution is 5.79. The first-order valence-corrected chi connectivity index (χ1v) is 12.5. The maximum atomic E-state index is 13.0. The first-order chi connectivity index (χ1) is 16.9. The van der Waals surface area contributed by atoms with Crippen molar-refractivity contribution in [3.05, 3.63) is 100 Å². The summed E-state index contributed by atoms with van der Waals surface area (Å²) >= 11 is 0. The van der Waals surface area contributed by atoms with Crippen LogP contribution in [-0.4, -0.2) is 40.2 Å². The molecular formula is C30H36N2O3. The Bertz CT molecular complexity index is 1160. The summed E-state index contributed by atoms with van der Waals surface area (Å²) in [5.41, 5.74) is 6.55. The molecule has 4 rings (SSSR count). The number of phenols is 1. The molecule has 0 aliphatic carbocycles. The first kappa shape index (κ1) is 25.0. The van der Waals surface area contributed by atoms with Crippen molar-refractivity contribution in [1.82, 2.24) is 10.2 Å². The molecule has 3 N–H and O–H groups in total. The number of nitrogens with zero attached hydrogens (tertiary/aromatic N) is 1. The topological polar surface area (TPSA) is 72.8 Å². The molecule has 5 nitrogen and oxygen atoms in total. The number of carbonyl (C=O) groups is 1. The second-order valence-corrected chi connectivity index (χ2v) is 9.79. The number of hydrogen-bond acceptors (Lipinski definition) is 4. The van der Waals surface area contributed by atoms with Gasteiger partial charge in [0.05, 0.1) is 13.0 Å². The van der Waals surface area contributed by atoms with Crippen LogP contribution in [0.15, 0.2) is 66.7 Å². The highest BCUT2D eigenvalue weighted by atomic mass is 16.3. The van der Waals surface area contributed by atoms with Gasteiger partial charge in [-0.3, -0.25) is 4.79 Å². The number of benzene rings is 3. The number of hydrogen-bond donors (Lipinski definition) is 3. The Kier molecular flexibility index (Phi) is 8.21. The Morgan fingerprint density at radius 2 is 1.77 bits per heavy atom. The van der Waals surface area contributed by atoms with Crippen molar-refractivity contribution in [1.29, 1.82) is 0 Å². The van der Waals surface area contributed by atoms with E-state index in [1.54, 1.807) is 6.07 Å². The average molecular weight is 473 g/mol. The standard InChI is InChI=1S/C30H36N2O3/c1-21(26-10-11-29(34)28(17-26)20-33)18-31-22(2)14-23-6-5-7-24(15-23)16-30(35)32-13-12-25-8-3-4-9-27(25)19-32/h3-11,15,17,21-22,31,33-34H,12-14,16,18-20H2,1-2H3/t21?,22-/m1/s1. The van der Waals surface area contributed by atoms with Crippen LogP contribution in [0.25, 0.3) is 0 Å². The van der Waals surface area contributed by atoms with Crippen molar-refractivity contribution in [2.75, 3.05) is 13.1 Å². The SMILES string of the molecule is CC(CN[C@H](C)Cc1cccc(CC(=O)N2CCc3ccccc3C2)c1)c1ccc(O)c(CO)c1. The minimum Gasteiger partial charge on any atom is -0.508 e. The maximum Gasteiger partial charge on any atom is 0.227 e. The fourth-order valence-corrected chi connectivity index (χ4v) is 4.82. The Morgan fingerprint density at radius 1 is 1.00 bits per heavy atom. The summed E-state index contributed by atoms with van der Waals surface area (Å²) in [4.78, 5) is 15.0. The van der Waals surface area contributed by atoms with Crippen LogP contribution in [0.4, 0.5) is 0 Å². The van der Waals surface area contributed by atoms with E-state index < -0.39 is 0 Å². The Morgan fingerprint density at radius 3 is 2.57 bits per heavy atom. The number of fused-ring (bicyclic) bond motifs is 1. The summed E-state index contributed by atoms with van der Waals surface area (Å²) in [6, 6.07) is 22.5. The number of rotatable bonds is 9. The highest BCUT2D eigenvalue weighted by Crippen LogP contribution is 2.23. The van der Waals surface area contributed by atoms with Crippen molar-refractivity contribution in [2.24, 2.45) is 0 Å². The van der Waals surface area contributed by atoms with Crippen molar-refractivity contribution >= 4 is 5.91 Å². The lowest BCUT2D eigenvalue weighted by molar-refractivity contribution is -0.131. The summed E-state index contributed by atoms with van der Waals surface area (Å²) in [5, 5.41) is 22.8. The molecule has 35 heavy (non-hydrogen) atoms. The van der Waals surface area contributed by atoms with E-state index in [-0.39, 0.29) is 30.2 Å². The van der Waals surface area contributed by atoms with E-state index in [0.717, 1.165) is 37.1 Å². The molecule has 1 heterocycles. The minimum absolute atomic E-state index is 0.133. The molecule has 2 atom stereocenters. The van der Waals surface area contributed by atoms with Gasteiger partial charge in [0.15, 0.2) is 0 Å². The van der Waals surface area contributed by atoms with E-state index in [1.807, 2.05) is 35.2 Å². The van der Waals surface area contributed by atoms with E-state index in [0.29, 0.717) is 18.5 Å². The van der Waals surface area contributed by atoms with Gasteiger partial charge in [0.2, 0.25) is 5.91 Å². The summed E-state index contributed by atoms with van der Waals surface area (Å²) in [5.74, 6) is 0.572. The zero-order chi connectivity index (χ0) is 24.8. The number of nitrogens with one attached hydrogen (secondary N) is 1. The van der Waals surface area contributed by atoms with Gasteiger partial charge in [-0.2, -0.15) is 0 Å². The molecule has 184 valence electrons. The predicted molar refractivity (Wildman–Crippen MR) is 139 cm³/mol. The summed E-state index contributed by atoms with van der Waals surface area (Å²) in [6.07, 6.45) is 2.24. The maximum absolute atomic E-state index is 13.0. The van der Waals surface area contributed by atoms with Gasteiger partial charge in [-0.05, 0) is 65.6 Å². The lowest BCUT2D eigenvalue weighted by Gasteiger charge is -2.29. The predicted octanol–water partition coefficient (Wildman–Crippen LogP) is 4.34. The highest BCUT2D eigenvalue weighted by Gasteiger charge is 2.20. The summed E-state index contributed by atoms with van der Waals surface area (Å²) in [7, 11) is 0. The fraction of sp³-hybridized carbons (Fsp3) is 0.367. The number of aliphatic hydroxyl groups excluding tert-OH is 1. The van der Waals surface area contributed by atoms with Gasteiger partial charge in [0.25, 0.3) is 0 Å². The molecule has 0 bridgehead atoms. The number of amides is 1. The minimum atomic E-state index is -0.167. The van der Waals surface area contributed by atoms with Gasteiger partial charge in [0.1, 0.15) is 5.75 Å². The van der Waals surface area contributed by atoms with Gasteiger partial charge in [-0.1, -0.05) is 61.5 Å². The fourth-order valence-electron chi connectivity index (χ4n) is 4.82. The third-order valence-electron chi connectivity index (χ3n) is 6.99. The Labute approximate surface area is 208 Å². The molecular weight excluding hydrogens is 436 g/mol. The molecule has 1 amide bonds. The van der Waals surface area contributed by atoms with Crippen LogP contribution in [0.3, 0.4) is 0 Å². The van der Waals surface area contributed by atoms with Gasteiger partial charge >= 0.3 is 0 Å². The molecule has 0 spiro atoms. The molecule has 5 heteroatoms. The van der Waals surface area contributed by atoms with Crippen molar-refractivity contribution in [2.45, 2.75) is 58.2 Å². The number of aromatic hydroxyl groups is 1. The third kappa shape index (κ3) is 6.50. The van der Waals surface area contributed by atoms with Crippen molar-refractivity contribution in [3.63, 3.8) is 0 Å². The molecule has 0 fully saturated rings. The van der Waals surface area contributed by atoms with E-state index in [2.05, 4.69) is 49.5 Å². The van der Waals surface area contributed by atoms with Crippen LogP contribution in [0.5, 0.6) is 5.75 Å². The summed E-state index contributed by atoms with van der Waals surface area (Å²) in [6.45, 7) is 6.43. The number of carbonyl (C=O) groups excluding carboxylic acids is 1.